The van der Waals surface area contributed by atoms with E-state index in [1.165, 1.54) is 19.3 Å². The molecule has 0 aromatic carbocycles. The van der Waals surface area contributed by atoms with E-state index < -0.39 is 0 Å². The highest BCUT2D eigenvalue weighted by molar-refractivity contribution is 4.95. The Morgan fingerprint density at radius 1 is 1.09 bits per heavy atom. The summed E-state index contributed by atoms with van der Waals surface area (Å²) < 4.78 is 0. The predicted octanol–water partition coefficient (Wildman–Crippen LogP) is 1.43. The van der Waals surface area contributed by atoms with Crippen LogP contribution in [0.15, 0.2) is 0 Å². The molecular weight excluding hydrogens is 136 g/mol. The van der Waals surface area contributed by atoms with Gasteiger partial charge in [-0.1, -0.05) is 0 Å². The molecule has 2 rings (SSSR count). The number of nitrogens with zero attached hydrogens (tertiary/aromatic N) is 1. The van der Waals surface area contributed by atoms with Crippen LogP contribution < -0.4 is 5.32 Å². The molecule has 2 aliphatic carbocycles. The lowest BCUT2D eigenvalue weighted by Crippen LogP contribution is -2.28. The van der Waals surface area contributed by atoms with Crippen molar-refractivity contribution in [1.29, 1.82) is 5.26 Å². The van der Waals surface area contributed by atoms with Crippen molar-refractivity contribution >= 4 is 0 Å². The summed E-state index contributed by atoms with van der Waals surface area (Å²) in [5, 5.41) is 12.2. The summed E-state index contributed by atoms with van der Waals surface area (Å²) in [5.74, 6) is 0.339. The monoisotopic (exact) mass is 150 g/mol. The number of nitrogens with one attached hydrogen (secondary N) is 1. The molecular formula is C9H14N2. The molecule has 2 unspecified atom stereocenters. The van der Waals surface area contributed by atoms with E-state index in [9.17, 15) is 0 Å². The van der Waals surface area contributed by atoms with Crippen LogP contribution in [0, 0.1) is 17.2 Å². The average molecular weight is 150 g/mol. The maximum Gasteiger partial charge on any atom is 0.0656 e. The molecule has 0 saturated heterocycles. The van der Waals surface area contributed by atoms with Gasteiger partial charge < -0.3 is 5.32 Å². The molecule has 0 amide bonds. The smallest absolute Gasteiger partial charge is 0.0656 e. The second-order valence-corrected chi connectivity index (χ2v) is 3.78. The molecule has 2 heteroatoms. The van der Waals surface area contributed by atoms with Gasteiger partial charge in [-0.2, -0.15) is 5.26 Å². The Morgan fingerprint density at radius 2 is 1.82 bits per heavy atom. The van der Waals surface area contributed by atoms with Gasteiger partial charge in [-0.05, 0) is 32.1 Å². The molecule has 2 atom stereocenters. The summed E-state index contributed by atoms with van der Waals surface area (Å²) in [4.78, 5) is 0. The van der Waals surface area contributed by atoms with Gasteiger partial charge in [0, 0.05) is 18.0 Å². The Morgan fingerprint density at radius 3 is 2.36 bits per heavy atom. The second-order valence-electron chi connectivity index (χ2n) is 3.78. The van der Waals surface area contributed by atoms with Gasteiger partial charge >= 0.3 is 0 Å². The minimum atomic E-state index is 0.339. The van der Waals surface area contributed by atoms with Gasteiger partial charge in [0.05, 0.1) is 6.07 Å². The molecule has 0 heterocycles. The lowest BCUT2D eigenvalue weighted by atomic mass is 10.1. The SMILES string of the molecule is N#CC1CCC(NC2CC2)C1. The molecule has 0 aromatic rings. The fraction of sp³-hybridized carbons (Fsp3) is 0.889. The lowest BCUT2D eigenvalue weighted by Gasteiger charge is -2.09. The zero-order valence-electron chi connectivity index (χ0n) is 6.71. The maximum atomic E-state index is 8.66. The van der Waals surface area contributed by atoms with E-state index in [0.717, 1.165) is 18.9 Å². The zero-order chi connectivity index (χ0) is 7.68. The normalized spacial score (nSPS) is 37.0. The number of rotatable bonds is 2. The fourth-order valence-corrected chi connectivity index (χ4v) is 1.83. The van der Waals surface area contributed by atoms with E-state index in [1.807, 2.05) is 0 Å². The minimum absolute atomic E-state index is 0.339. The van der Waals surface area contributed by atoms with Crippen LogP contribution in [-0.4, -0.2) is 12.1 Å². The third kappa shape index (κ3) is 1.72. The average Bonchev–Trinajstić information content (AvgIpc) is 2.68. The molecule has 0 radical (unpaired) electrons. The standard InChI is InChI=1S/C9H14N2/c10-6-7-1-2-9(5-7)11-8-3-4-8/h7-9,11H,1-5H2. The van der Waals surface area contributed by atoms with Crippen molar-refractivity contribution in [3.63, 3.8) is 0 Å². The van der Waals surface area contributed by atoms with Gasteiger partial charge in [-0.3, -0.25) is 0 Å². The van der Waals surface area contributed by atoms with E-state index in [0.29, 0.717) is 12.0 Å². The highest BCUT2D eigenvalue weighted by Gasteiger charge is 2.29. The fourth-order valence-electron chi connectivity index (χ4n) is 1.83. The Labute approximate surface area is 67.6 Å². The van der Waals surface area contributed by atoms with Gasteiger partial charge in [0.2, 0.25) is 0 Å². The van der Waals surface area contributed by atoms with Crippen LogP contribution in [0.3, 0.4) is 0 Å². The number of hydrogen-bond donors (Lipinski definition) is 1. The first-order chi connectivity index (χ1) is 5.38. The van der Waals surface area contributed by atoms with Crippen molar-refractivity contribution < 1.29 is 0 Å². The Hall–Kier alpha value is -0.550. The van der Waals surface area contributed by atoms with E-state index in [4.69, 9.17) is 5.26 Å². The van der Waals surface area contributed by atoms with E-state index in [-0.39, 0.29) is 0 Å². The molecule has 2 saturated carbocycles. The van der Waals surface area contributed by atoms with E-state index in [2.05, 4.69) is 11.4 Å². The van der Waals surface area contributed by atoms with Crippen molar-refractivity contribution in [3.05, 3.63) is 0 Å². The van der Waals surface area contributed by atoms with Crippen LogP contribution in [0.4, 0.5) is 0 Å². The molecule has 60 valence electrons. The van der Waals surface area contributed by atoms with Crippen LogP contribution >= 0.6 is 0 Å². The molecule has 0 aromatic heterocycles. The number of hydrogen-bond acceptors (Lipinski definition) is 2. The van der Waals surface area contributed by atoms with Gasteiger partial charge in [0.1, 0.15) is 0 Å². The first-order valence-electron chi connectivity index (χ1n) is 4.54. The second kappa shape index (κ2) is 2.83. The maximum absolute atomic E-state index is 8.66. The zero-order valence-corrected chi connectivity index (χ0v) is 6.71. The molecule has 2 aliphatic rings. The van der Waals surface area contributed by atoms with Crippen LogP contribution in [0.5, 0.6) is 0 Å². The van der Waals surface area contributed by atoms with Crippen LogP contribution in [0.2, 0.25) is 0 Å². The van der Waals surface area contributed by atoms with Crippen LogP contribution in [0.1, 0.15) is 32.1 Å². The van der Waals surface area contributed by atoms with Crippen molar-refractivity contribution in [2.24, 2.45) is 5.92 Å². The van der Waals surface area contributed by atoms with Crippen LogP contribution in [0.25, 0.3) is 0 Å². The Kier molecular flexibility index (Phi) is 1.83. The van der Waals surface area contributed by atoms with Crippen LogP contribution in [-0.2, 0) is 0 Å². The highest BCUT2D eigenvalue weighted by atomic mass is 15.0. The minimum Gasteiger partial charge on any atom is -0.311 e. The molecule has 1 N–H and O–H groups in total. The molecule has 0 spiro atoms. The van der Waals surface area contributed by atoms with E-state index >= 15 is 0 Å². The quantitative estimate of drug-likeness (QED) is 0.646. The molecule has 0 aliphatic heterocycles. The summed E-state index contributed by atoms with van der Waals surface area (Å²) in [6.45, 7) is 0. The number of nitriles is 1. The van der Waals surface area contributed by atoms with Gasteiger partial charge in [-0.25, -0.2) is 0 Å². The van der Waals surface area contributed by atoms with Crippen molar-refractivity contribution in [1.82, 2.24) is 5.32 Å². The van der Waals surface area contributed by atoms with Gasteiger partial charge in [0.15, 0.2) is 0 Å². The summed E-state index contributed by atoms with van der Waals surface area (Å²) in [7, 11) is 0. The summed E-state index contributed by atoms with van der Waals surface area (Å²) >= 11 is 0. The topological polar surface area (TPSA) is 35.8 Å². The Bertz CT molecular complexity index is 178. The third-order valence-electron chi connectivity index (χ3n) is 2.66. The molecule has 2 fully saturated rings. The van der Waals surface area contributed by atoms with Gasteiger partial charge in [0.25, 0.3) is 0 Å². The highest BCUT2D eigenvalue weighted by Crippen LogP contribution is 2.28. The van der Waals surface area contributed by atoms with E-state index in [1.54, 1.807) is 0 Å². The van der Waals surface area contributed by atoms with Gasteiger partial charge in [-0.15, -0.1) is 0 Å². The van der Waals surface area contributed by atoms with Crippen molar-refractivity contribution in [3.8, 4) is 6.07 Å². The summed E-state index contributed by atoms with van der Waals surface area (Å²) in [6, 6.07) is 3.81. The first kappa shape index (κ1) is 7.12. The third-order valence-corrected chi connectivity index (χ3v) is 2.66. The molecule has 11 heavy (non-hydrogen) atoms. The first-order valence-corrected chi connectivity index (χ1v) is 4.54. The predicted molar refractivity (Wildman–Crippen MR) is 42.9 cm³/mol. The largest absolute Gasteiger partial charge is 0.311 e. The molecule has 2 nitrogen and oxygen atoms in total. The summed E-state index contributed by atoms with van der Waals surface area (Å²) in [5.41, 5.74) is 0. The Balaban J connectivity index is 1.75. The lowest BCUT2D eigenvalue weighted by molar-refractivity contribution is 0.512. The van der Waals surface area contributed by atoms with Crippen molar-refractivity contribution in [2.45, 2.75) is 44.2 Å². The summed E-state index contributed by atoms with van der Waals surface area (Å²) in [6.07, 6.45) is 6.13. The molecule has 0 bridgehead atoms. The van der Waals surface area contributed by atoms with Crippen molar-refractivity contribution in [2.75, 3.05) is 0 Å².